The summed E-state index contributed by atoms with van der Waals surface area (Å²) < 4.78 is 5.27. The number of rotatable bonds is 2. The average molecular weight is 282 g/mol. The quantitative estimate of drug-likeness (QED) is 0.822. The maximum atomic E-state index is 12.1. The summed E-state index contributed by atoms with van der Waals surface area (Å²) in [6.07, 6.45) is 0.778. The number of nitrogens with zero attached hydrogens (tertiary/aromatic N) is 1. The highest BCUT2D eigenvalue weighted by Crippen LogP contribution is 2.44. The maximum absolute atomic E-state index is 12.1. The van der Waals surface area contributed by atoms with E-state index in [9.17, 15) is 9.59 Å². The number of carbonyl (C=O) groups is 2. The third kappa shape index (κ3) is 1.81. The molecule has 2 amide bonds. The fourth-order valence-electron chi connectivity index (χ4n) is 2.34. The number of methoxy groups -OCH3 is 1. The lowest BCUT2D eigenvalue weighted by Crippen LogP contribution is -2.60. The largest absolute Gasteiger partial charge is 0.487 e. The van der Waals surface area contributed by atoms with Crippen molar-refractivity contribution in [2.75, 3.05) is 7.11 Å². The molecule has 0 unspecified atom stereocenters. The van der Waals surface area contributed by atoms with Crippen molar-refractivity contribution in [2.24, 2.45) is 0 Å². The Hall–Kier alpha value is -1.60. The Kier molecular flexibility index (Phi) is 2.75. The Bertz CT molecular complexity index is 556. The molecule has 1 fully saturated rings. The second kappa shape index (κ2) is 4.21. The fraction of sp³-hybridized carbons (Fsp3) is 0.500. The van der Waals surface area contributed by atoms with Gasteiger partial charge in [0.25, 0.3) is 0 Å². The van der Waals surface area contributed by atoms with Crippen LogP contribution in [0.2, 0.25) is 0 Å². The molecule has 19 heavy (non-hydrogen) atoms. The summed E-state index contributed by atoms with van der Waals surface area (Å²) in [7, 11) is 1.61. The molecule has 1 saturated heterocycles. The van der Waals surface area contributed by atoms with E-state index in [1.54, 1.807) is 19.1 Å². The molecule has 3 heterocycles. The van der Waals surface area contributed by atoms with Crippen LogP contribution in [0.5, 0.6) is 10.8 Å². The molecule has 0 aliphatic carbocycles. The summed E-state index contributed by atoms with van der Waals surface area (Å²) in [6.45, 7) is 2.27. The molecule has 1 N–H and O–H groups in total. The number of hydrogen-bond donors (Lipinski definition) is 1. The van der Waals surface area contributed by atoms with E-state index in [1.165, 1.54) is 11.3 Å². The van der Waals surface area contributed by atoms with E-state index in [4.69, 9.17) is 9.57 Å². The molecule has 0 radical (unpaired) electrons. The first-order chi connectivity index (χ1) is 9.04. The molecule has 7 heteroatoms. The number of fused-ring (bicyclic) bond motifs is 1. The molecule has 0 bridgehead atoms. The lowest BCUT2D eigenvalue weighted by atomic mass is 9.90. The van der Waals surface area contributed by atoms with Gasteiger partial charge in [-0.15, -0.1) is 16.4 Å². The smallest absolute Gasteiger partial charge is 0.250 e. The van der Waals surface area contributed by atoms with Crippen LogP contribution in [-0.4, -0.2) is 29.5 Å². The van der Waals surface area contributed by atoms with Crippen molar-refractivity contribution in [3.8, 4) is 10.8 Å². The average Bonchev–Trinajstić information content (AvgIpc) is 2.94. The Balaban J connectivity index is 1.84. The van der Waals surface area contributed by atoms with Gasteiger partial charge in [-0.3, -0.25) is 14.9 Å². The number of imide groups is 1. The van der Waals surface area contributed by atoms with Crippen LogP contribution >= 0.6 is 11.3 Å². The molecular weight excluding hydrogens is 268 g/mol. The minimum Gasteiger partial charge on any atom is -0.487 e. The second-order valence-corrected chi connectivity index (χ2v) is 5.69. The minimum absolute atomic E-state index is 0.228. The van der Waals surface area contributed by atoms with Crippen molar-refractivity contribution < 1.29 is 19.2 Å². The molecule has 102 valence electrons. The van der Waals surface area contributed by atoms with Gasteiger partial charge in [-0.1, -0.05) is 0 Å². The fourth-order valence-corrected chi connectivity index (χ4v) is 3.15. The SMILES string of the molecule is COc1scc2c1CN([C@@]1(C)CCC(=O)NC1=O)O2. The molecule has 1 atom stereocenters. The summed E-state index contributed by atoms with van der Waals surface area (Å²) in [5.41, 5.74) is 0.133. The first-order valence-electron chi connectivity index (χ1n) is 5.99. The standard InChI is InChI=1S/C12H14N2O4S/c1-12(4-3-9(15)13-11(12)16)14-5-7-8(18-14)6-19-10(7)17-2/h6H,3-5H2,1-2H3,(H,13,15,16)/t12-/m0/s1. The van der Waals surface area contributed by atoms with E-state index in [2.05, 4.69) is 5.32 Å². The molecule has 3 rings (SSSR count). The van der Waals surface area contributed by atoms with Crippen LogP contribution in [-0.2, 0) is 16.1 Å². The number of piperidine rings is 1. The van der Waals surface area contributed by atoms with Crippen molar-refractivity contribution in [1.82, 2.24) is 10.4 Å². The third-order valence-corrected chi connectivity index (χ3v) is 4.60. The van der Waals surface area contributed by atoms with Crippen LogP contribution in [0.4, 0.5) is 0 Å². The number of hydrogen-bond acceptors (Lipinski definition) is 6. The highest BCUT2D eigenvalue weighted by atomic mass is 32.1. The molecule has 1 aromatic rings. The summed E-state index contributed by atoms with van der Waals surface area (Å²) in [5.74, 6) is 0.192. The van der Waals surface area contributed by atoms with Crippen LogP contribution in [0.25, 0.3) is 0 Å². The highest BCUT2D eigenvalue weighted by molar-refractivity contribution is 7.12. The van der Waals surface area contributed by atoms with Crippen molar-refractivity contribution in [1.29, 1.82) is 0 Å². The summed E-state index contributed by atoms with van der Waals surface area (Å²) in [5, 5.41) is 6.66. The normalized spacial score (nSPS) is 26.8. The van der Waals surface area contributed by atoms with E-state index >= 15 is 0 Å². The van der Waals surface area contributed by atoms with E-state index in [0.717, 1.165) is 16.4 Å². The van der Waals surface area contributed by atoms with Gasteiger partial charge in [0.2, 0.25) is 11.8 Å². The molecule has 0 saturated carbocycles. The van der Waals surface area contributed by atoms with Gasteiger partial charge in [0, 0.05) is 11.8 Å². The molecule has 1 aromatic heterocycles. The van der Waals surface area contributed by atoms with Crippen LogP contribution in [0, 0.1) is 0 Å². The lowest BCUT2D eigenvalue weighted by Gasteiger charge is -2.37. The predicted octanol–water partition coefficient (Wildman–Crippen LogP) is 1.06. The molecule has 0 spiro atoms. The molecular formula is C12H14N2O4S. The van der Waals surface area contributed by atoms with E-state index in [0.29, 0.717) is 19.4 Å². The van der Waals surface area contributed by atoms with Crippen LogP contribution in [0.15, 0.2) is 5.38 Å². The Morgan fingerprint density at radius 2 is 2.32 bits per heavy atom. The number of hydroxylamine groups is 2. The van der Waals surface area contributed by atoms with Gasteiger partial charge in [-0.05, 0) is 13.3 Å². The molecule has 2 aliphatic heterocycles. The molecule has 2 aliphatic rings. The minimum atomic E-state index is -0.824. The Labute approximate surface area is 114 Å². The van der Waals surface area contributed by atoms with Gasteiger partial charge in [-0.25, -0.2) is 0 Å². The summed E-state index contributed by atoms with van der Waals surface area (Å²) in [4.78, 5) is 29.0. The van der Waals surface area contributed by atoms with Gasteiger partial charge in [0.15, 0.2) is 10.8 Å². The van der Waals surface area contributed by atoms with Crippen molar-refractivity contribution in [2.45, 2.75) is 31.8 Å². The second-order valence-electron chi connectivity index (χ2n) is 4.85. The monoisotopic (exact) mass is 282 g/mol. The number of nitrogens with one attached hydrogen (secondary N) is 1. The van der Waals surface area contributed by atoms with Crippen molar-refractivity contribution in [3.05, 3.63) is 10.9 Å². The Morgan fingerprint density at radius 1 is 1.53 bits per heavy atom. The third-order valence-electron chi connectivity index (χ3n) is 3.64. The summed E-state index contributed by atoms with van der Waals surface area (Å²) in [6, 6.07) is 0. The number of thiophene rings is 1. The lowest BCUT2D eigenvalue weighted by molar-refractivity contribution is -0.169. The van der Waals surface area contributed by atoms with Gasteiger partial charge >= 0.3 is 0 Å². The molecule has 0 aromatic carbocycles. The van der Waals surface area contributed by atoms with Crippen molar-refractivity contribution in [3.63, 3.8) is 0 Å². The predicted molar refractivity (Wildman–Crippen MR) is 67.8 cm³/mol. The summed E-state index contributed by atoms with van der Waals surface area (Å²) >= 11 is 1.47. The number of carbonyl (C=O) groups excluding carboxylic acids is 2. The van der Waals surface area contributed by atoms with E-state index in [1.807, 2.05) is 5.38 Å². The van der Waals surface area contributed by atoms with Crippen LogP contribution in [0.3, 0.4) is 0 Å². The zero-order valence-corrected chi connectivity index (χ0v) is 11.5. The molecule has 6 nitrogen and oxygen atoms in total. The number of amides is 2. The topological polar surface area (TPSA) is 67.9 Å². The Morgan fingerprint density at radius 3 is 3.00 bits per heavy atom. The van der Waals surface area contributed by atoms with Gasteiger partial charge < -0.3 is 9.57 Å². The highest BCUT2D eigenvalue weighted by Gasteiger charge is 2.48. The maximum Gasteiger partial charge on any atom is 0.250 e. The van der Waals surface area contributed by atoms with Crippen LogP contribution < -0.4 is 14.9 Å². The van der Waals surface area contributed by atoms with Gasteiger partial charge in [0.1, 0.15) is 5.54 Å². The van der Waals surface area contributed by atoms with Crippen LogP contribution in [0.1, 0.15) is 25.3 Å². The first kappa shape index (κ1) is 12.4. The van der Waals surface area contributed by atoms with Gasteiger partial charge in [0.05, 0.1) is 19.2 Å². The zero-order chi connectivity index (χ0) is 13.6. The van der Waals surface area contributed by atoms with Gasteiger partial charge in [-0.2, -0.15) is 0 Å². The van der Waals surface area contributed by atoms with E-state index < -0.39 is 5.54 Å². The number of ether oxygens (including phenoxy) is 1. The van der Waals surface area contributed by atoms with E-state index in [-0.39, 0.29) is 11.8 Å². The zero-order valence-electron chi connectivity index (χ0n) is 10.7. The first-order valence-corrected chi connectivity index (χ1v) is 6.87. The van der Waals surface area contributed by atoms with Crippen molar-refractivity contribution >= 4 is 23.2 Å².